The summed E-state index contributed by atoms with van der Waals surface area (Å²) in [5.74, 6) is -0.892. The van der Waals surface area contributed by atoms with Crippen LogP contribution in [0.25, 0.3) is 10.2 Å². The first-order valence-electron chi connectivity index (χ1n) is 7.67. The molecule has 3 rings (SSSR count). The molecule has 3 nitrogen and oxygen atoms in total. The van der Waals surface area contributed by atoms with Crippen LogP contribution in [-0.2, 0) is 12.6 Å². The van der Waals surface area contributed by atoms with Gasteiger partial charge in [-0.3, -0.25) is 0 Å². The molecule has 0 bridgehead atoms. The lowest BCUT2D eigenvalue weighted by Crippen LogP contribution is -2.13. The Morgan fingerprint density at radius 2 is 1.96 bits per heavy atom. The summed E-state index contributed by atoms with van der Waals surface area (Å²) >= 11 is 7.33. The average Bonchev–Trinajstić information content (AvgIpc) is 2.92. The van der Waals surface area contributed by atoms with Gasteiger partial charge in [0.05, 0.1) is 5.39 Å². The normalized spacial score (nSPS) is 11.9. The first-order chi connectivity index (χ1) is 11.8. The maximum atomic E-state index is 13.0. The second-order valence-electron chi connectivity index (χ2n) is 5.59. The molecule has 8 heteroatoms. The zero-order valence-corrected chi connectivity index (χ0v) is 14.9. The monoisotopic (exact) mass is 385 g/mol. The molecule has 132 valence electrons. The number of anilines is 1. The Hall–Kier alpha value is -1.86. The Labute approximate surface area is 151 Å². The van der Waals surface area contributed by atoms with Crippen molar-refractivity contribution in [3.05, 3.63) is 51.6 Å². The van der Waals surface area contributed by atoms with Crippen molar-refractivity contribution in [2.24, 2.45) is 0 Å². The Bertz CT molecular complexity index is 892. The molecule has 1 N–H and O–H groups in total. The minimum Gasteiger partial charge on any atom is -0.369 e. The third kappa shape index (κ3) is 4.22. The van der Waals surface area contributed by atoms with E-state index in [2.05, 4.69) is 15.3 Å². The van der Waals surface area contributed by atoms with Gasteiger partial charge in [-0.1, -0.05) is 29.8 Å². The number of aryl methyl sites for hydroxylation is 2. The van der Waals surface area contributed by atoms with Gasteiger partial charge in [-0.25, -0.2) is 9.97 Å². The molecular weight excluding hydrogens is 371 g/mol. The van der Waals surface area contributed by atoms with E-state index in [0.717, 1.165) is 23.3 Å². The Kier molecular flexibility index (Phi) is 5.15. The number of nitrogens with zero attached hydrogens (tertiary/aromatic N) is 2. The summed E-state index contributed by atoms with van der Waals surface area (Å²) in [5.41, 5.74) is 1.01. The van der Waals surface area contributed by atoms with E-state index in [1.807, 2.05) is 31.2 Å². The highest BCUT2D eigenvalue weighted by Gasteiger charge is 2.35. The third-order valence-corrected chi connectivity index (χ3v) is 4.96. The van der Waals surface area contributed by atoms with Crippen LogP contribution in [0.4, 0.5) is 19.0 Å². The van der Waals surface area contributed by atoms with Gasteiger partial charge >= 0.3 is 6.18 Å². The summed E-state index contributed by atoms with van der Waals surface area (Å²) in [6.07, 6.45) is -3.12. The van der Waals surface area contributed by atoms with Crippen LogP contribution in [0.3, 0.4) is 0 Å². The number of alkyl halides is 3. The first-order valence-corrected chi connectivity index (χ1v) is 8.86. The van der Waals surface area contributed by atoms with Crippen LogP contribution in [0.2, 0.25) is 5.02 Å². The lowest BCUT2D eigenvalue weighted by atomic mass is 10.1. The Balaban J connectivity index is 1.75. The minimum atomic E-state index is -4.57. The molecule has 0 amide bonds. The highest BCUT2D eigenvalue weighted by Crippen LogP contribution is 2.33. The summed E-state index contributed by atoms with van der Waals surface area (Å²) in [6, 6.07) is 9.33. The van der Waals surface area contributed by atoms with Gasteiger partial charge in [0.2, 0.25) is 5.82 Å². The number of hydrogen-bond acceptors (Lipinski definition) is 4. The maximum absolute atomic E-state index is 13.0. The van der Waals surface area contributed by atoms with Crippen LogP contribution >= 0.6 is 22.9 Å². The summed E-state index contributed by atoms with van der Waals surface area (Å²) in [6.45, 7) is 2.32. The number of aromatic nitrogens is 2. The van der Waals surface area contributed by atoms with Crippen molar-refractivity contribution in [1.82, 2.24) is 9.97 Å². The van der Waals surface area contributed by atoms with Crippen molar-refractivity contribution in [2.45, 2.75) is 25.9 Å². The fourth-order valence-electron chi connectivity index (χ4n) is 2.49. The van der Waals surface area contributed by atoms with E-state index in [-0.39, 0.29) is 5.82 Å². The largest absolute Gasteiger partial charge is 0.451 e. The molecule has 0 saturated heterocycles. The molecule has 2 aromatic heterocycles. The Morgan fingerprint density at radius 1 is 1.20 bits per heavy atom. The second-order valence-corrected chi connectivity index (χ2v) is 7.23. The number of benzene rings is 1. The summed E-state index contributed by atoms with van der Waals surface area (Å²) < 4.78 is 39.0. The predicted octanol–water partition coefficient (Wildman–Crippen LogP) is 5.72. The number of thiophene rings is 1. The van der Waals surface area contributed by atoms with Gasteiger partial charge in [0.25, 0.3) is 0 Å². The van der Waals surface area contributed by atoms with Crippen molar-refractivity contribution in [3.63, 3.8) is 0 Å². The van der Waals surface area contributed by atoms with E-state index < -0.39 is 12.0 Å². The summed E-state index contributed by atoms with van der Waals surface area (Å²) in [5, 5.41) is 4.33. The molecule has 0 saturated carbocycles. The molecule has 0 radical (unpaired) electrons. The quantitative estimate of drug-likeness (QED) is 0.571. The minimum absolute atomic E-state index is 0.223. The summed E-state index contributed by atoms with van der Waals surface area (Å²) in [4.78, 5) is 8.55. The first kappa shape index (κ1) is 17.9. The van der Waals surface area contributed by atoms with E-state index in [1.165, 1.54) is 11.3 Å². The third-order valence-electron chi connectivity index (χ3n) is 3.64. The predicted molar refractivity (Wildman–Crippen MR) is 95.4 cm³/mol. The van der Waals surface area contributed by atoms with E-state index >= 15 is 0 Å². The molecule has 2 heterocycles. The zero-order chi connectivity index (χ0) is 18.0. The van der Waals surface area contributed by atoms with Crippen LogP contribution in [0, 0.1) is 6.92 Å². The number of hydrogen-bond donors (Lipinski definition) is 1. The Morgan fingerprint density at radius 3 is 2.68 bits per heavy atom. The molecule has 0 spiro atoms. The van der Waals surface area contributed by atoms with Gasteiger partial charge in [0.15, 0.2) is 0 Å². The van der Waals surface area contributed by atoms with Crippen molar-refractivity contribution >= 4 is 39.0 Å². The number of rotatable bonds is 5. The molecule has 0 aliphatic carbocycles. The van der Waals surface area contributed by atoms with Crippen molar-refractivity contribution in [1.29, 1.82) is 0 Å². The van der Waals surface area contributed by atoms with E-state index in [0.29, 0.717) is 21.8 Å². The molecule has 3 aromatic rings. The van der Waals surface area contributed by atoms with Crippen molar-refractivity contribution < 1.29 is 13.2 Å². The number of halogens is 4. The molecular formula is C17H15ClF3N3S. The zero-order valence-electron chi connectivity index (χ0n) is 13.3. The van der Waals surface area contributed by atoms with E-state index in [1.54, 1.807) is 6.07 Å². The van der Waals surface area contributed by atoms with Gasteiger partial charge in [0.1, 0.15) is 10.6 Å². The van der Waals surface area contributed by atoms with Crippen LogP contribution in [0.1, 0.15) is 22.7 Å². The molecule has 25 heavy (non-hydrogen) atoms. The number of fused-ring (bicyclic) bond motifs is 1. The number of nitrogens with one attached hydrogen (secondary N) is 1. The smallest absolute Gasteiger partial charge is 0.369 e. The van der Waals surface area contributed by atoms with Gasteiger partial charge in [-0.15, -0.1) is 11.3 Å². The molecule has 0 atom stereocenters. The molecule has 0 aliphatic rings. The van der Waals surface area contributed by atoms with Crippen molar-refractivity contribution in [3.8, 4) is 0 Å². The highest BCUT2D eigenvalue weighted by molar-refractivity contribution is 7.18. The molecule has 0 fully saturated rings. The molecule has 0 unspecified atom stereocenters. The maximum Gasteiger partial charge on any atom is 0.451 e. The van der Waals surface area contributed by atoms with Crippen LogP contribution in [0.15, 0.2) is 30.3 Å². The van der Waals surface area contributed by atoms with Crippen molar-refractivity contribution in [2.75, 3.05) is 11.9 Å². The lowest BCUT2D eigenvalue weighted by Gasteiger charge is -2.10. The average molecular weight is 386 g/mol. The molecule has 0 aliphatic heterocycles. The SMILES string of the molecule is Cc1cc2c(NCCCc3ccccc3Cl)nc(C(F)(F)F)nc2s1. The lowest BCUT2D eigenvalue weighted by molar-refractivity contribution is -0.144. The van der Waals surface area contributed by atoms with E-state index in [4.69, 9.17) is 11.6 Å². The molecule has 1 aromatic carbocycles. The van der Waals surface area contributed by atoms with E-state index in [9.17, 15) is 13.2 Å². The van der Waals surface area contributed by atoms with Gasteiger partial charge in [0, 0.05) is 16.4 Å². The fourth-order valence-corrected chi connectivity index (χ4v) is 3.60. The van der Waals surface area contributed by atoms with Gasteiger partial charge < -0.3 is 5.32 Å². The fraction of sp³-hybridized carbons (Fsp3) is 0.294. The standard InChI is InChI=1S/C17H15ClF3N3S/c1-10-9-12-14(23-16(17(19,20)21)24-15(12)25-10)22-8-4-6-11-5-2-3-7-13(11)18/h2-3,5,7,9H,4,6,8H2,1H3,(H,22,23,24). The van der Waals surface area contributed by atoms with Crippen LogP contribution in [0.5, 0.6) is 0 Å². The summed E-state index contributed by atoms with van der Waals surface area (Å²) in [7, 11) is 0. The van der Waals surface area contributed by atoms with Gasteiger partial charge in [-0.05, 0) is 37.5 Å². The van der Waals surface area contributed by atoms with Gasteiger partial charge in [-0.2, -0.15) is 13.2 Å². The second kappa shape index (κ2) is 7.17. The topological polar surface area (TPSA) is 37.8 Å². The van der Waals surface area contributed by atoms with Crippen LogP contribution < -0.4 is 5.32 Å². The highest BCUT2D eigenvalue weighted by atomic mass is 35.5. The van der Waals surface area contributed by atoms with Crippen LogP contribution in [-0.4, -0.2) is 16.5 Å².